The van der Waals surface area contributed by atoms with E-state index in [-0.39, 0.29) is 17.6 Å². The lowest BCUT2D eigenvalue weighted by atomic mass is 9.70. The number of aliphatic hydroxyl groups excluding tert-OH is 2. The number of hydrogen-bond donors (Lipinski definition) is 2. The van der Waals surface area contributed by atoms with Gasteiger partial charge in [0.2, 0.25) is 0 Å². The van der Waals surface area contributed by atoms with Gasteiger partial charge in [0.1, 0.15) is 0 Å². The van der Waals surface area contributed by atoms with E-state index in [4.69, 9.17) is 0 Å². The van der Waals surface area contributed by atoms with Crippen LogP contribution in [0.1, 0.15) is 53.4 Å². The zero-order valence-electron chi connectivity index (χ0n) is 10.4. The van der Waals surface area contributed by atoms with E-state index in [0.717, 1.165) is 25.7 Å². The Morgan fingerprint density at radius 2 is 2.07 bits per heavy atom. The van der Waals surface area contributed by atoms with Crippen molar-refractivity contribution in [3.8, 4) is 0 Å². The third-order valence-electron chi connectivity index (χ3n) is 3.43. The van der Waals surface area contributed by atoms with Gasteiger partial charge in [-0.25, -0.2) is 0 Å². The van der Waals surface area contributed by atoms with Crippen LogP contribution in [0, 0.1) is 5.41 Å². The molecular weight excluding hydrogens is 188 g/mol. The smallest absolute Gasteiger partial charge is 0.0585 e. The molecule has 2 atom stereocenters. The van der Waals surface area contributed by atoms with Crippen LogP contribution in [0.2, 0.25) is 0 Å². The third-order valence-corrected chi connectivity index (χ3v) is 3.43. The fourth-order valence-electron chi connectivity index (χ4n) is 2.74. The van der Waals surface area contributed by atoms with Gasteiger partial charge in [0, 0.05) is 0 Å². The quantitative estimate of drug-likeness (QED) is 0.706. The first kappa shape index (κ1) is 12.7. The van der Waals surface area contributed by atoms with Crippen LogP contribution in [0.15, 0.2) is 11.1 Å². The minimum atomic E-state index is -0.229. The lowest BCUT2D eigenvalue weighted by Gasteiger charge is -2.37. The molecule has 0 radical (unpaired) electrons. The summed E-state index contributed by atoms with van der Waals surface area (Å²) in [4.78, 5) is 0. The van der Waals surface area contributed by atoms with E-state index in [1.165, 1.54) is 11.1 Å². The molecule has 0 spiro atoms. The molecule has 1 aliphatic rings. The van der Waals surface area contributed by atoms with Crippen LogP contribution in [0.5, 0.6) is 0 Å². The van der Waals surface area contributed by atoms with E-state index in [1.807, 2.05) is 6.92 Å². The average Bonchev–Trinajstić information content (AvgIpc) is 1.98. The summed E-state index contributed by atoms with van der Waals surface area (Å²) in [5.74, 6) is 0. The Morgan fingerprint density at radius 3 is 2.53 bits per heavy atom. The maximum absolute atomic E-state index is 9.73. The minimum Gasteiger partial charge on any atom is -0.393 e. The summed E-state index contributed by atoms with van der Waals surface area (Å²) in [6.45, 7) is 8.33. The average molecular weight is 212 g/mol. The number of hydrogen-bond acceptors (Lipinski definition) is 2. The maximum atomic E-state index is 9.73. The Kier molecular flexibility index (Phi) is 3.96. The molecule has 0 aromatic heterocycles. The molecule has 0 fully saturated rings. The molecule has 0 saturated heterocycles. The molecule has 2 nitrogen and oxygen atoms in total. The van der Waals surface area contributed by atoms with Crippen molar-refractivity contribution in [2.75, 3.05) is 0 Å². The van der Waals surface area contributed by atoms with E-state index < -0.39 is 0 Å². The van der Waals surface area contributed by atoms with Crippen molar-refractivity contribution < 1.29 is 10.2 Å². The van der Waals surface area contributed by atoms with Gasteiger partial charge in [0.05, 0.1) is 12.2 Å². The van der Waals surface area contributed by atoms with Gasteiger partial charge in [-0.05, 0) is 44.9 Å². The predicted octanol–water partition coefficient (Wildman–Crippen LogP) is 2.64. The van der Waals surface area contributed by atoms with E-state index >= 15 is 0 Å². The molecule has 2 N–H and O–H groups in total. The van der Waals surface area contributed by atoms with Gasteiger partial charge in [0.25, 0.3) is 0 Å². The van der Waals surface area contributed by atoms with Crippen molar-refractivity contribution in [3.05, 3.63) is 11.1 Å². The van der Waals surface area contributed by atoms with E-state index in [9.17, 15) is 10.2 Å². The van der Waals surface area contributed by atoms with Crippen LogP contribution >= 0.6 is 0 Å². The molecule has 0 unspecified atom stereocenters. The molecule has 0 aliphatic heterocycles. The van der Waals surface area contributed by atoms with Crippen molar-refractivity contribution in [2.24, 2.45) is 5.41 Å². The second-order valence-electron chi connectivity index (χ2n) is 5.59. The van der Waals surface area contributed by atoms with Crippen molar-refractivity contribution >= 4 is 0 Å². The van der Waals surface area contributed by atoms with Gasteiger partial charge < -0.3 is 10.2 Å². The Bertz CT molecular complexity index is 251. The van der Waals surface area contributed by atoms with Crippen LogP contribution in [-0.2, 0) is 0 Å². The largest absolute Gasteiger partial charge is 0.393 e. The molecule has 0 saturated carbocycles. The Hall–Kier alpha value is -0.340. The Balaban J connectivity index is 2.77. The first-order chi connectivity index (χ1) is 6.83. The summed E-state index contributed by atoms with van der Waals surface area (Å²) < 4.78 is 0. The monoisotopic (exact) mass is 212 g/mol. The zero-order valence-corrected chi connectivity index (χ0v) is 10.4. The van der Waals surface area contributed by atoms with Gasteiger partial charge in [-0.15, -0.1) is 0 Å². The topological polar surface area (TPSA) is 40.5 Å². The van der Waals surface area contributed by atoms with Crippen LogP contribution in [-0.4, -0.2) is 22.4 Å². The number of allylic oxidation sites excluding steroid dienone is 1. The van der Waals surface area contributed by atoms with Crippen molar-refractivity contribution in [1.82, 2.24) is 0 Å². The van der Waals surface area contributed by atoms with Gasteiger partial charge >= 0.3 is 0 Å². The molecule has 1 rings (SSSR count). The Morgan fingerprint density at radius 1 is 1.47 bits per heavy atom. The van der Waals surface area contributed by atoms with Gasteiger partial charge in [-0.2, -0.15) is 0 Å². The molecule has 0 aromatic rings. The second kappa shape index (κ2) is 4.67. The summed E-state index contributed by atoms with van der Waals surface area (Å²) >= 11 is 0. The standard InChI is InChI=1S/C13H24O2/c1-9-7-11(15)8-13(3,4)12(9)6-5-10(2)14/h10-11,14-15H,5-8H2,1-4H3/t10-,11+/m0/s1. The molecule has 0 heterocycles. The van der Waals surface area contributed by atoms with Gasteiger partial charge in [-0.1, -0.05) is 25.0 Å². The molecule has 0 bridgehead atoms. The first-order valence-electron chi connectivity index (χ1n) is 5.88. The first-order valence-corrected chi connectivity index (χ1v) is 5.88. The summed E-state index contributed by atoms with van der Waals surface area (Å²) in [5.41, 5.74) is 2.85. The van der Waals surface area contributed by atoms with Gasteiger partial charge in [0.15, 0.2) is 0 Å². The summed E-state index contributed by atoms with van der Waals surface area (Å²) in [6, 6.07) is 0. The van der Waals surface area contributed by atoms with E-state index in [1.54, 1.807) is 0 Å². The van der Waals surface area contributed by atoms with Crippen LogP contribution in [0.4, 0.5) is 0 Å². The number of rotatable bonds is 3. The highest BCUT2D eigenvalue weighted by atomic mass is 16.3. The molecule has 0 aromatic carbocycles. The normalized spacial score (nSPS) is 28.0. The Labute approximate surface area is 93.0 Å². The molecular formula is C13H24O2. The molecule has 88 valence electrons. The summed E-state index contributed by atoms with van der Waals surface area (Å²) in [7, 11) is 0. The number of aliphatic hydroxyl groups is 2. The second-order valence-corrected chi connectivity index (χ2v) is 5.59. The van der Waals surface area contributed by atoms with Gasteiger partial charge in [-0.3, -0.25) is 0 Å². The predicted molar refractivity (Wildman–Crippen MR) is 62.6 cm³/mol. The van der Waals surface area contributed by atoms with Crippen LogP contribution < -0.4 is 0 Å². The van der Waals surface area contributed by atoms with Crippen LogP contribution in [0.3, 0.4) is 0 Å². The highest BCUT2D eigenvalue weighted by molar-refractivity contribution is 5.23. The highest BCUT2D eigenvalue weighted by Crippen LogP contribution is 2.42. The lowest BCUT2D eigenvalue weighted by molar-refractivity contribution is 0.110. The fraction of sp³-hybridized carbons (Fsp3) is 0.846. The molecule has 0 amide bonds. The molecule has 1 aliphatic carbocycles. The third kappa shape index (κ3) is 3.32. The minimum absolute atomic E-state index is 0.0939. The van der Waals surface area contributed by atoms with E-state index in [0.29, 0.717) is 0 Å². The van der Waals surface area contributed by atoms with E-state index in [2.05, 4.69) is 20.8 Å². The maximum Gasteiger partial charge on any atom is 0.0585 e. The van der Waals surface area contributed by atoms with Crippen molar-refractivity contribution in [3.63, 3.8) is 0 Å². The van der Waals surface area contributed by atoms with Crippen molar-refractivity contribution in [1.29, 1.82) is 0 Å². The molecule has 2 heteroatoms. The summed E-state index contributed by atoms with van der Waals surface area (Å²) in [6.07, 6.45) is 3.02. The summed E-state index contributed by atoms with van der Waals surface area (Å²) in [5, 5.41) is 19.0. The zero-order chi connectivity index (χ0) is 11.6. The SMILES string of the molecule is CC1=C(CC[C@H](C)O)C(C)(C)C[C@H](O)C1. The molecule has 15 heavy (non-hydrogen) atoms. The van der Waals surface area contributed by atoms with Crippen molar-refractivity contribution in [2.45, 2.75) is 65.6 Å². The fourth-order valence-corrected chi connectivity index (χ4v) is 2.74. The van der Waals surface area contributed by atoms with Crippen LogP contribution in [0.25, 0.3) is 0 Å². The highest BCUT2D eigenvalue weighted by Gasteiger charge is 2.32. The lowest BCUT2D eigenvalue weighted by Crippen LogP contribution is -2.29.